The number of aromatic nitrogens is 4. The van der Waals surface area contributed by atoms with Crippen LogP contribution in [0.5, 0.6) is 0 Å². The smallest absolute Gasteiger partial charge is 0.183 e. The molecule has 0 spiro atoms. The lowest BCUT2D eigenvalue weighted by molar-refractivity contribution is 0.620. The van der Waals surface area contributed by atoms with E-state index in [4.69, 9.17) is 5.73 Å². The molecule has 0 fully saturated rings. The number of rotatable bonds is 2. The number of nitrogens with one attached hydrogen (secondary N) is 2. The van der Waals surface area contributed by atoms with Gasteiger partial charge in [-0.2, -0.15) is 0 Å². The van der Waals surface area contributed by atoms with Crippen molar-refractivity contribution in [2.75, 3.05) is 12.8 Å². The molecule has 0 bridgehead atoms. The van der Waals surface area contributed by atoms with E-state index in [0.29, 0.717) is 17.0 Å². The van der Waals surface area contributed by atoms with Crippen LogP contribution in [0.25, 0.3) is 11.2 Å². The van der Waals surface area contributed by atoms with Gasteiger partial charge in [-0.3, -0.25) is 0 Å². The van der Waals surface area contributed by atoms with Gasteiger partial charge < -0.3 is 16.0 Å². The molecule has 0 amide bonds. The Balaban J connectivity index is 2.56. The molecule has 6 nitrogen and oxygen atoms in total. The molecule has 0 aliphatic heterocycles. The van der Waals surface area contributed by atoms with Crippen LogP contribution in [0.2, 0.25) is 0 Å². The lowest BCUT2D eigenvalue weighted by Gasteiger charge is -2.04. The highest BCUT2D eigenvalue weighted by atomic mass is 15.1. The average Bonchev–Trinajstić information content (AvgIpc) is 2.62. The summed E-state index contributed by atoms with van der Waals surface area (Å²) in [6.07, 6.45) is 1.41. The number of anilines is 1. The molecule has 4 N–H and O–H groups in total. The van der Waals surface area contributed by atoms with E-state index >= 15 is 0 Å². The van der Waals surface area contributed by atoms with Gasteiger partial charge in [-0.25, -0.2) is 15.0 Å². The zero-order valence-corrected chi connectivity index (χ0v) is 8.07. The molecule has 0 radical (unpaired) electrons. The number of aromatic amines is 1. The quantitative estimate of drug-likeness (QED) is 0.632. The van der Waals surface area contributed by atoms with Crippen molar-refractivity contribution in [3.63, 3.8) is 0 Å². The van der Waals surface area contributed by atoms with E-state index in [-0.39, 0.29) is 6.04 Å². The van der Waals surface area contributed by atoms with E-state index in [2.05, 4.69) is 25.3 Å². The molecule has 2 aromatic rings. The average molecular weight is 192 g/mol. The van der Waals surface area contributed by atoms with E-state index < -0.39 is 0 Å². The molecule has 1 atom stereocenters. The largest absolute Gasteiger partial charge is 0.382 e. The van der Waals surface area contributed by atoms with Gasteiger partial charge in [0.1, 0.15) is 17.7 Å². The summed E-state index contributed by atoms with van der Waals surface area (Å²) < 4.78 is 0. The molecule has 0 aromatic carbocycles. The fraction of sp³-hybridized carbons (Fsp3) is 0.375. The summed E-state index contributed by atoms with van der Waals surface area (Å²) in [5.41, 5.74) is 6.97. The topological polar surface area (TPSA) is 92.5 Å². The number of nitrogens with two attached hydrogens (primary N) is 1. The minimum atomic E-state index is 0.142. The molecule has 0 aliphatic carbocycles. The Morgan fingerprint density at radius 1 is 1.50 bits per heavy atom. The molecule has 0 aliphatic rings. The fourth-order valence-corrected chi connectivity index (χ4v) is 1.21. The number of H-pyrrole nitrogens is 1. The van der Waals surface area contributed by atoms with Gasteiger partial charge in [-0.05, 0) is 14.0 Å². The maximum absolute atomic E-state index is 5.67. The van der Waals surface area contributed by atoms with Crippen molar-refractivity contribution < 1.29 is 0 Å². The second-order valence-corrected chi connectivity index (χ2v) is 3.09. The second kappa shape index (κ2) is 3.22. The lowest BCUT2D eigenvalue weighted by atomic mass is 10.3. The Morgan fingerprint density at radius 3 is 2.93 bits per heavy atom. The van der Waals surface area contributed by atoms with Gasteiger partial charge >= 0.3 is 0 Å². The van der Waals surface area contributed by atoms with Crippen LogP contribution >= 0.6 is 0 Å². The molecular formula is C8H12N6. The van der Waals surface area contributed by atoms with Crippen LogP contribution in [-0.2, 0) is 0 Å². The predicted octanol–water partition coefficient (Wildman–Crippen LogP) is 0.215. The molecule has 0 saturated carbocycles. The Bertz CT molecular complexity index is 448. The van der Waals surface area contributed by atoms with Gasteiger partial charge in [0.25, 0.3) is 0 Å². The Hall–Kier alpha value is -1.69. The Morgan fingerprint density at radius 2 is 2.29 bits per heavy atom. The van der Waals surface area contributed by atoms with Crippen molar-refractivity contribution in [3.8, 4) is 0 Å². The normalized spacial score (nSPS) is 13.3. The summed E-state index contributed by atoms with van der Waals surface area (Å²) in [6, 6.07) is 0.142. The van der Waals surface area contributed by atoms with Gasteiger partial charge in [-0.15, -0.1) is 0 Å². The monoisotopic (exact) mass is 192 g/mol. The van der Waals surface area contributed by atoms with Crippen LogP contribution in [0.3, 0.4) is 0 Å². The van der Waals surface area contributed by atoms with Gasteiger partial charge in [-0.1, -0.05) is 0 Å². The van der Waals surface area contributed by atoms with E-state index in [1.54, 1.807) is 0 Å². The van der Waals surface area contributed by atoms with Crippen molar-refractivity contribution >= 4 is 17.0 Å². The summed E-state index contributed by atoms with van der Waals surface area (Å²) in [6.45, 7) is 2.00. The standard InChI is InChI=1S/C8H12N6/c1-4(10-2)7-13-5-6(9)11-3-12-8(5)14-7/h3-4,10H,1-2H3,(H3,9,11,12,13,14). The summed E-state index contributed by atoms with van der Waals surface area (Å²) in [5.74, 6) is 1.24. The number of fused-ring (bicyclic) bond motifs is 1. The van der Waals surface area contributed by atoms with Crippen LogP contribution in [0, 0.1) is 0 Å². The molecule has 6 heteroatoms. The number of hydrogen-bond acceptors (Lipinski definition) is 5. The first-order chi connectivity index (χ1) is 6.72. The van der Waals surface area contributed by atoms with Crippen LogP contribution in [0.4, 0.5) is 5.82 Å². The summed E-state index contributed by atoms with van der Waals surface area (Å²) in [5, 5.41) is 3.08. The minimum Gasteiger partial charge on any atom is -0.382 e. The third-order valence-corrected chi connectivity index (χ3v) is 2.18. The molecule has 2 aromatic heterocycles. The van der Waals surface area contributed by atoms with Crippen molar-refractivity contribution in [2.24, 2.45) is 0 Å². The Kier molecular flexibility index (Phi) is 2.05. The summed E-state index contributed by atoms with van der Waals surface area (Å²) in [4.78, 5) is 15.3. The maximum Gasteiger partial charge on any atom is 0.183 e. The first kappa shape index (κ1) is 8.89. The highest BCUT2D eigenvalue weighted by molar-refractivity contribution is 5.81. The number of hydrogen-bond donors (Lipinski definition) is 3. The zero-order valence-electron chi connectivity index (χ0n) is 8.07. The number of imidazole rings is 1. The third kappa shape index (κ3) is 1.29. The molecule has 74 valence electrons. The van der Waals surface area contributed by atoms with Crippen molar-refractivity contribution in [1.82, 2.24) is 25.3 Å². The van der Waals surface area contributed by atoms with Crippen molar-refractivity contribution in [2.45, 2.75) is 13.0 Å². The zero-order chi connectivity index (χ0) is 10.1. The fourth-order valence-electron chi connectivity index (χ4n) is 1.21. The van der Waals surface area contributed by atoms with E-state index in [0.717, 1.165) is 5.82 Å². The van der Waals surface area contributed by atoms with Crippen molar-refractivity contribution in [3.05, 3.63) is 12.2 Å². The molecule has 14 heavy (non-hydrogen) atoms. The highest BCUT2D eigenvalue weighted by Gasteiger charge is 2.11. The van der Waals surface area contributed by atoms with E-state index in [9.17, 15) is 0 Å². The Labute approximate surface area is 81.0 Å². The van der Waals surface area contributed by atoms with Crippen LogP contribution in [0.1, 0.15) is 18.8 Å². The van der Waals surface area contributed by atoms with Gasteiger partial charge in [0.05, 0.1) is 6.04 Å². The van der Waals surface area contributed by atoms with E-state index in [1.807, 2.05) is 14.0 Å². The van der Waals surface area contributed by atoms with Gasteiger partial charge in [0, 0.05) is 0 Å². The highest BCUT2D eigenvalue weighted by Crippen LogP contribution is 2.16. The van der Waals surface area contributed by atoms with Crippen LogP contribution in [0.15, 0.2) is 6.33 Å². The third-order valence-electron chi connectivity index (χ3n) is 2.18. The first-order valence-corrected chi connectivity index (χ1v) is 4.35. The van der Waals surface area contributed by atoms with Crippen molar-refractivity contribution in [1.29, 1.82) is 0 Å². The molecule has 1 unspecified atom stereocenters. The summed E-state index contributed by atoms with van der Waals surface area (Å²) >= 11 is 0. The number of nitrogens with zero attached hydrogens (tertiary/aromatic N) is 3. The van der Waals surface area contributed by atoms with Gasteiger partial charge in [0.15, 0.2) is 11.5 Å². The van der Waals surface area contributed by atoms with Crippen LogP contribution in [-0.4, -0.2) is 27.0 Å². The minimum absolute atomic E-state index is 0.142. The predicted molar refractivity (Wildman–Crippen MR) is 53.6 cm³/mol. The SMILES string of the molecule is CNC(C)c1nc2ncnc(N)c2[nH]1. The number of nitrogen functional groups attached to an aromatic ring is 1. The summed E-state index contributed by atoms with van der Waals surface area (Å²) in [7, 11) is 1.87. The van der Waals surface area contributed by atoms with Crippen LogP contribution < -0.4 is 11.1 Å². The maximum atomic E-state index is 5.67. The van der Waals surface area contributed by atoms with E-state index in [1.165, 1.54) is 6.33 Å². The molecule has 2 heterocycles. The molecule has 2 rings (SSSR count). The van der Waals surface area contributed by atoms with Gasteiger partial charge in [0.2, 0.25) is 0 Å². The second-order valence-electron chi connectivity index (χ2n) is 3.09. The first-order valence-electron chi connectivity index (χ1n) is 4.35. The lowest BCUT2D eigenvalue weighted by Crippen LogP contribution is -2.13. The molecular weight excluding hydrogens is 180 g/mol. The molecule has 0 saturated heterocycles.